The maximum Gasteiger partial charge on any atom is 0.301 e. The number of aliphatic hydroxyl groups excluding tert-OH is 1. The molecule has 0 aliphatic carbocycles. The van der Waals surface area contributed by atoms with Crippen molar-refractivity contribution < 1.29 is 28.9 Å². The first kappa shape index (κ1) is 20.3. The monoisotopic (exact) mass is 397 g/mol. The molecule has 0 unspecified atom stereocenters. The lowest BCUT2D eigenvalue weighted by atomic mass is 10.1. The molecule has 29 heavy (non-hydrogen) atoms. The van der Waals surface area contributed by atoms with Gasteiger partial charge in [0.2, 0.25) is 0 Å². The number of carbonyl (C=O) groups excluding carboxylic acids is 2. The molecule has 1 aliphatic heterocycles. The highest BCUT2D eigenvalue weighted by molar-refractivity contribution is 6.44. The number of amides is 2. The summed E-state index contributed by atoms with van der Waals surface area (Å²) in [4.78, 5) is 26.5. The first-order valence-electron chi connectivity index (χ1n) is 9.14. The number of benzene rings is 2. The Morgan fingerprint density at radius 1 is 0.931 bits per heavy atom. The van der Waals surface area contributed by atoms with Gasteiger partial charge in [0, 0.05) is 6.07 Å². The molecule has 2 aromatic carbocycles. The topological polar surface area (TPSA) is 85.3 Å². The van der Waals surface area contributed by atoms with E-state index in [2.05, 4.69) is 0 Å². The van der Waals surface area contributed by atoms with Crippen molar-refractivity contribution in [2.75, 3.05) is 25.7 Å². The summed E-state index contributed by atoms with van der Waals surface area (Å²) >= 11 is 0. The fraction of sp³-hybridized carbons (Fsp3) is 0.273. The Morgan fingerprint density at radius 3 is 2.17 bits per heavy atom. The SMILES string of the molecule is COc1ccc(N2C(=O)C(O)=C(c3ccc(OCC(C)C)cc3)C2=O)cc1OC. The lowest BCUT2D eigenvalue weighted by Gasteiger charge is -2.17. The zero-order chi connectivity index (χ0) is 21.1. The van der Waals surface area contributed by atoms with Crippen LogP contribution < -0.4 is 19.1 Å². The number of hydrogen-bond donors (Lipinski definition) is 1. The van der Waals surface area contributed by atoms with Crippen molar-refractivity contribution in [2.24, 2.45) is 5.92 Å². The molecule has 0 saturated heterocycles. The van der Waals surface area contributed by atoms with Crippen molar-refractivity contribution in [3.05, 3.63) is 53.8 Å². The van der Waals surface area contributed by atoms with Gasteiger partial charge in [-0.3, -0.25) is 9.59 Å². The van der Waals surface area contributed by atoms with Crippen LogP contribution in [0.2, 0.25) is 0 Å². The second-order valence-corrected chi connectivity index (χ2v) is 6.94. The van der Waals surface area contributed by atoms with E-state index in [0.717, 1.165) is 4.90 Å². The van der Waals surface area contributed by atoms with Gasteiger partial charge in [-0.15, -0.1) is 0 Å². The predicted octanol–water partition coefficient (Wildman–Crippen LogP) is 3.58. The molecule has 0 spiro atoms. The molecule has 0 saturated carbocycles. The molecule has 0 aromatic heterocycles. The molecule has 1 N–H and O–H groups in total. The molecular formula is C22H23NO6. The highest BCUT2D eigenvalue weighted by Crippen LogP contribution is 2.36. The van der Waals surface area contributed by atoms with Crippen LogP contribution in [0.5, 0.6) is 17.2 Å². The number of nitrogens with zero attached hydrogens (tertiary/aromatic N) is 1. The lowest BCUT2D eigenvalue weighted by molar-refractivity contribution is -0.121. The van der Waals surface area contributed by atoms with Crippen molar-refractivity contribution in [3.63, 3.8) is 0 Å². The van der Waals surface area contributed by atoms with Crippen LogP contribution in [0.4, 0.5) is 5.69 Å². The summed E-state index contributed by atoms with van der Waals surface area (Å²) < 4.78 is 16.0. The van der Waals surface area contributed by atoms with Gasteiger partial charge in [0.05, 0.1) is 32.1 Å². The maximum atomic E-state index is 13.0. The van der Waals surface area contributed by atoms with E-state index < -0.39 is 17.6 Å². The Bertz CT molecular complexity index is 962. The van der Waals surface area contributed by atoms with Gasteiger partial charge in [0.1, 0.15) is 5.75 Å². The fourth-order valence-electron chi connectivity index (χ4n) is 2.96. The average molecular weight is 397 g/mol. The molecule has 0 fully saturated rings. The second-order valence-electron chi connectivity index (χ2n) is 6.94. The first-order valence-corrected chi connectivity index (χ1v) is 9.14. The number of aliphatic hydroxyl groups is 1. The summed E-state index contributed by atoms with van der Waals surface area (Å²) in [6, 6.07) is 11.3. The van der Waals surface area contributed by atoms with Gasteiger partial charge in [-0.2, -0.15) is 0 Å². The van der Waals surface area contributed by atoms with Crippen molar-refractivity contribution in [1.82, 2.24) is 0 Å². The van der Waals surface area contributed by atoms with Crippen molar-refractivity contribution in [3.8, 4) is 17.2 Å². The number of ether oxygens (including phenoxy) is 3. The molecule has 2 amide bonds. The van der Waals surface area contributed by atoms with Crippen LogP contribution in [0.1, 0.15) is 19.4 Å². The Morgan fingerprint density at radius 2 is 1.59 bits per heavy atom. The summed E-state index contributed by atoms with van der Waals surface area (Å²) in [5, 5.41) is 10.4. The van der Waals surface area contributed by atoms with E-state index in [1.165, 1.54) is 20.3 Å². The van der Waals surface area contributed by atoms with Gasteiger partial charge < -0.3 is 19.3 Å². The van der Waals surface area contributed by atoms with E-state index in [1.54, 1.807) is 36.4 Å². The zero-order valence-corrected chi connectivity index (χ0v) is 16.8. The first-order chi connectivity index (χ1) is 13.9. The fourth-order valence-corrected chi connectivity index (χ4v) is 2.96. The summed E-state index contributed by atoms with van der Waals surface area (Å²) in [7, 11) is 2.95. The number of methoxy groups -OCH3 is 2. The van der Waals surface area contributed by atoms with Crippen LogP contribution in [0, 0.1) is 5.92 Å². The summed E-state index contributed by atoms with van der Waals surface area (Å²) in [6.07, 6.45) is 0. The number of hydrogen-bond acceptors (Lipinski definition) is 6. The normalized spacial score (nSPS) is 14.0. The molecule has 0 radical (unpaired) electrons. The molecule has 1 heterocycles. The average Bonchev–Trinajstić information content (AvgIpc) is 2.94. The summed E-state index contributed by atoms with van der Waals surface area (Å²) in [6.45, 7) is 4.66. The van der Waals surface area contributed by atoms with Crippen LogP contribution in [0.3, 0.4) is 0 Å². The van der Waals surface area contributed by atoms with E-state index in [0.29, 0.717) is 35.3 Å². The molecule has 2 aromatic rings. The van der Waals surface area contributed by atoms with Gasteiger partial charge in [0.15, 0.2) is 17.3 Å². The third kappa shape index (κ3) is 3.89. The largest absolute Gasteiger partial charge is 0.502 e. The highest BCUT2D eigenvalue weighted by Gasteiger charge is 2.40. The minimum Gasteiger partial charge on any atom is -0.502 e. The molecular weight excluding hydrogens is 374 g/mol. The van der Waals surface area contributed by atoms with Crippen LogP contribution in [-0.2, 0) is 9.59 Å². The van der Waals surface area contributed by atoms with E-state index in [-0.39, 0.29) is 11.3 Å². The van der Waals surface area contributed by atoms with Gasteiger partial charge in [0.25, 0.3) is 5.91 Å². The summed E-state index contributed by atoms with van der Waals surface area (Å²) in [5.41, 5.74) is 0.650. The molecule has 0 atom stereocenters. The third-order valence-electron chi connectivity index (χ3n) is 4.41. The summed E-state index contributed by atoms with van der Waals surface area (Å²) in [5.74, 6) is -0.148. The van der Waals surface area contributed by atoms with Crippen molar-refractivity contribution in [1.29, 1.82) is 0 Å². The standard InChI is InChI=1S/C22H23NO6/c1-13(2)12-29-16-8-5-14(6-9-16)19-20(24)22(26)23(21(19)25)15-7-10-17(27-3)18(11-15)28-4/h5-11,13,24H,12H2,1-4H3. The number of rotatable bonds is 7. The van der Waals surface area contributed by atoms with E-state index in [9.17, 15) is 14.7 Å². The minimum absolute atomic E-state index is 0.0554. The Balaban J connectivity index is 1.89. The Hall–Kier alpha value is -3.48. The van der Waals surface area contributed by atoms with Gasteiger partial charge >= 0.3 is 5.91 Å². The number of anilines is 1. The molecule has 7 heteroatoms. The smallest absolute Gasteiger partial charge is 0.301 e. The lowest BCUT2D eigenvalue weighted by Crippen LogP contribution is -2.31. The third-order valence-corrected chi connectivity index (χ3v) is 4.41. The molecule has 152 valence electrons. The van der Waals surface area contributed by atoms with Crippen molar-refractivity contribution in [2.45, 2.75) is 13.8 Å². The highest BCUT2D eigenvalue weighted by atomic mass is 16.5. The Labute approximate surface area is 169 Å². The second kappa shape index (κ2) is 8.26. The van der Waals surface area contributed by atoms with Gasteiger partial charge in [-0.1, -0.05) is 26.0 Å². The molecule has 0 bridgehead atoms. The zero-order valence-electron chi connectivity index (χ0n) is 16.8. The quantitative estimate of drug-likeness (QED) is 0.719. The van der Waals surface area contributed by atoms with E-state index >= 15 is 0 Å². The minimum atomic E-state index is -0.794. The van der Waals surface area contributed by atoms with Crippen LogP contribution in [-0.4, -0.2) is 37.7 Å². The molecule has 3 rings (SSSR count). The number of imide groups is 1. The molecule has 1 aliphatic rings. The van der Waals surface area contributed by atoms with Crippen LogP contribution in [0.25, 0.3) is 5.57 Å². The van der Waals surface area contributed by atoms with Crippen molar-refractivity contribution >= 4 is 23.1 Å². The maximum absolute atomic E-state index is 13.0. The Kier molecular flexibility index (Phi) is 5.77. The van der Waals surface area contributed by atoms with Crippen LogP contribution >= 0.6 is 0 Å². The predicted molar refractivity (Wildman–Crippen MR) is 108 cm³/mol. The molecule has 7 nitrogen and oxygen atoms in total. The van der Waals surface area contributed by atoms with Crippen LogP contribution in [0.15, 0.2) is 48.2 Å². The van der Waals surface area contributed by atoms with E-state index in [1.807, 2.05) is 13.8 Å². The van der Waals surface area contributed by atoms with Gasteiger partial charge in [-0.25, -0.2) is 4.90 Å². The van der Waals surface area contributed by atoms with Gasteiger partial charge in [-0.05, 0) is 35.7 Å². The van der Waals surface area contributed by atoms with E-state index in [4.69, 9.17) is 14.2 Å². The number of carbonyl (C=O) groups is 2.